The maximum atomic E-state index is 11.9. The third kappa shape index (κ3) is 4.06. The van der Waals surface area contributed by atoms with E-state index in [1.807, 2.05) is 35.2 Å². The second-order valence-corrected chi connectivity index (χ2v) is 4.83. The molecule has 5 nitrogen and oxygen atoms in total. The summed E-state index contributed by atoms with van der Waals surface area (Å²) in [6, 6.07) is 9.26. The first kappa shape index (κ1) is 13.5. The number of amides is 1. The van der Waals surface area contributed by atoms with E-state index in [-0.39, 0.29) is 18.4 Å². The molecule has 1 amide bonds. The molecule has 1 heterocycles. The molecule has 0 unspecified atom stereocenters. The zero-order valence-electron chi connectivity index (χ0n) is 10.7. The summed E-state index contributed by atoms with van der Waals surface area (Å²) in [5.41, 5.74) is 0.763. The second-order valence-electron chi connectivity index (χ2n) is 4.83. The summed E-state index contributed by atoms with van der Waals surface area (Å²) in [6.45, 7) is 1.49. The van der Waals surface area contributed by atoms with Crippen LogP contribution in [-0.2, 0) is 9.59 Å². The van der Waals surface area contributed by atoms with Gasteiger partial charge in [0.25, 0.3) is 0 Å². The van der Waals surface area contributed by atoms with Crippen LogP contribution in [0.1, 0.15) is 12.8 Å². The van der Waals surface area contributed by atoms with Gasteiger partial charge in [0.1, 0.15) is 0 Å². The lowest BCUT2D eigenvalue weighted by molar-refractivity contribution is -0.144. The minimum Gasteiger partial charge on any atom is -0.481 e. The molecule has 2 rings (SSSR count). The third-order valence-corrected chi connectivity index (χ3v) is 3.28. The SMILES string of the molecule is O=C(CN1CCC[C@@H](C(=O)O)C1)Nc1ccccc1. The molecule has 0 spiro atoms. The lowest BCUT2D eigenvalue weighted by Crippen LogP contribution is -2.42. The highest BCUT2D eigenvalue weighted by Gasteiger charge is 2.26. The number of carboxylic acid groups (broad SMARTS) is 1. The van der Waals surface area contributed by atoms with Gasteiger partial charge in [-0.1, -0.05) is 18.2 Å². The van der Waals surface area contributed by atoms with Crippen LogP contribution in [0.2, 0.25) is 0 Å². The Morgan fingerprint density at radius 3 is 2.74 bits per heavy atom. The fraction of sp³-hybridized carbons (Fsp3) is 0.429. The van der Waals surface area contributed by atoms with E-state index in [1.165, 1.54) is 0 Å². The van der Waals surface area contributed by atoms with E-state index in [4.69, 9.17) is 5.11 Å². The van der Waals surface area contributed by atoms with E-state index >= 15 is 0 Å². The number of nitrogens with one attached hydrogen (secondary N) is 1. The van der Waals surface area contributed by atoms with Crippen molar-refractivity contribution in [3.8, 4) is 0 Å². The van der Waals surface area contributed by atoms with Gasteiger partial charge in [-0.15, -0.1) is 0 Å². The molecule has 0 bridgehead atoms. The molecule has 1 atom stereocenters. The monoisotopic (exact) mass is 262 g/mol. The predicted octanol–water partition coefficient (Wildman–Crippen LogP) is 1.42. The van der Waals surface area contributed by atoms with Gasteiger partial charge < -0.3 is 10.4 Å². The first-order valence-corrected chi connectivity index (χ1v) is 6.45. The van der Waals surface area contributed by atoms with E-state index in [0.29, 0.717) is 13.0 Å². The van der Waals surface area contributed by atoms with Gasteiger partial charge in [-0.2, -0.15) is 0 Å². The Labute approximate surface area is 112 Å². The summed E-state index contributed by atoms with van der Waals surface area (Å²) in [4.78, 5) is 24.7. The van der Waals surface area contributed by atoms with Crippen LogP contribution >= 0.6 is 0 Å². The molecule has 102 valence electrons. The van der Waals surface area contributed by atoms with E-state index < -0.39 is 5.97 Å². The van der Waals surface area contributed by atoms with Crippen LogP contribution < -0.4 is 5.32 Å². The normalized spacial score (nSPS) is 19.9. The van der Waals surface area contributed by atoms with Crippen LogP contribution in [-0.4, -0.2) is 41.5 Å². The molecule has 5 heteroatoms. The molecule has 1 saturated heterocycles. The standard InChI is InChI=1S/C14H18N2O3/c17-13(15-12-6-2-1-3-7-12)10-16-8-4-5-11(9-16)14(18)19/h1-3,6-7,11H,4-5,8-10H2,(H,15,17)(H,18,19)/t11-/m1/s1. The van der Waals surface area contributed by atoms with Crippen molar-refractivity contribution >= 4 is 17.6 Å². The maximum Gasteiger partial charge on any atom is 0.307 e. The molecule has 0 saturated carbocycles. The highest BCUT2D eigenvalue weighted by molar-refractivity contribution is 5.92. The van der Waals surface area contributed by atoms with Gasteiger partial charge in [-0.05, 0) is 31.5 Å². The fourth-order valence-corrected chi connectivity index (χ4v) is 2.33. The van der Waals surface area contributed by atoms with E-state index in [2.05, 4.69) is 5.32 Å². The smallest absolute Gasteiger partial charge is 0.307 e. The molecule has 1 aliphatic rings. The zero-order chi connectivity index (χ0) is 13.7. The van der Waals surface area contributed by atoms with Crippen molar-refractivity contribution in [3.63, 3.8) is 0 Å². The van der Waals surface area contributed by atoms with Gasteiger partial charge in [0, 0.05) is 12.2 Å². The number of nitrogens with zero attached hydrogens (tertiary/aromatic N) is 1. The van der Waals surface area contributed by atoms with Gasteiger partial charge in [0.05, 0.1) is 12.5 Å². The van der Waals surface area contributed by atoms with Crippen LogP contribution in [0.15, 0.2) is 30.3 Å². The van der Waals surface area contributed by atoms with Crippen molar-refractivity contribution in [2.75, 3.05) is 25.0 Å². The number of hydrogen-bond acceptors (Lipinski definition) is 3. The molecule has 0 radical (unpaired) electrons. The second kappa shape index (κ2) is 6.33. The lowest BCUT2D eigenvalue weighted by atomic mass is 9.98. The van der Waals surface area contributed by atoms with Crippen molar-refractivity contribution in [1.82, 2.24) is 4.90 Å². The number of aliphatic carboxylic acids is 1. The molecule has 2 N–H and O–H groups in total. The zero-order valence-corrected chi connectivity index (χ0v) is 10.7. The Kier molecular flexibility index (Phi) is 4.52. The highest BCUT2D eigenvalue weighted by Crippen LogP contribution is 2.16. The van der Waals surface area contributed by atoms with Crippen molar-refractivity contribution in [2.24, 2.45) is 5.92 Å². The number of likely N-dealkylation sites (tertiary alicyclic amines) is 1. The minimum absolute atomic E-state index is 0.0998. The van der Waals surface area contributed by atoms with E-state index in [0.717, 1.165) is 18.7 Å². The number of carboxylic acids is 1. The highest BCUT2D eigenvalue weighted by atomic mass is 16.4. The maximum absolute atomic E-state index is 11.9. The summed E-state index contributed by atoms with van der Waals surface area (Å²) in [5.74, 6) is -1.22. The summed E-state index contributed by atoms with van der Waals surface area (Å²) >= 11 is 0. The van der Waals surface area contributed by atoms with Gasteiger partial charge in [0.15, 0.2) is 0 Å². The first-order valence-electron chi connectivity index (χ1n) is 6.45. The number of carbonyl (C=O) groups is 2. The number of benzene rings is 1. The molecule has 1 fully saturated rings. The molecule has 0 aliphatic carbocycles. The largest absolute Gasteiger partial charge is 0.481 e. The molecule has 19 heavy (non-hydrogen) atoms. The van der Waals surface area contributed by atoms with Gasteiger partial charge >= 0.3 is 5.97 Å². The van der Waals surface area contributed by atoms with Crippen LogP contribution in [0, 0.1) is 5.92 Å². The Balaban J connectivity index is 1.83. The minimum atomic E-state index is -0.770. The number of rotatable bonds is 4. The molecule has 1 aromatic carbocycles. The van der Waals surface area contributed by atoms with E-state index in [9.17, 15) is 9.59 Å². The topological polar surface area (TPSA) is 69.6 Å². The van der Waals surface area contributed by atoms with Crippen LogP contribution in [0.5, 0.6) is 0 Å². The Morgan fingerprint density at radius 2 is 2.05 bits per heavy atom. The number of hydrogen-bond donors (Lipinski definition) is 2. The lowest BCUT2D eigenvalue weighted by Gasteiger charge is -2.29. The van der Waals surface area contributed by atoms with Crippen LogP contribution in [0.4, 0.5) is 5.69 Å². The van der Waals surface area contributed by atoms with Crippen molar-refractivity contribution in [2.45, 2.75) is 12.8 Å². The fourth-order valence-electron chi connectivity index (χ4n) is 2.33. The molecule has 0 aromatic heterocycles. The van der Waals surface area contributed by atoms with Crippen molar-refractivity contribution < 1.29 is 14.7 Å². The van der Waals surface area contributed by atoms with Crippen LogP contribution in [0.25, 0.3) is 0 Å². The summed E-state index contributed by atoms with van der Waals surface area (Å²) in [5, 5.41) is 11.8. The number of carbonyl (C=O) groups excluding carboxylic acids is 1. The Morgan fingerprint density at radius 1 is 1.32 bits per heavy atom. The molecule has 1 aliphatic heterocycles. The number of piperidine rings is 1. The van der Waals surface area contributed by atoms with Gasteiger partial charge in [0.2, 0.25) is 5.91 Å². The van der Waals surface area contributed by atoms with Crippen LogP contribution in [0.3, 0.4) is 0 Å². The molecule has 1 aromatic rings. The summed E-state index contributed by atoms with van der Waals surface area (Å²) in [6.07, 6.45) is 1.53. The predicted molar refractivity (Wildman–Crippen MR) is 71.9 cm³/mol. The first-order chi connectivity index (χ1) is 9.15. The third-order valence-electron chi connectivity index (χ3n) is 3.28. The number of para-hydroxylation sites is 1. The molecular formula is C14H18N2O3. The quantitative estimate of drug-likeness (QED) is 0.861. The summed E-state index contributed by atoms with van der Waals surface area (Å²) in [7, 11) is 0. The van der Waals surface area contributed by atoms with Gasteiger partial charge in [-0.25, -0.2) is 0 Å². The number of anilines is 1. The average Bonchev–Trinajstić information content (AvgIpc) is 2.40. The van der Waals surface area contributed by atoms with Gasteiger partial charge in [-0.3, -0.25) is 14.5 Å². The Hall–Kier alpha value is -1.88. The van der Waals surface area contributed by atoms with E-state index in [1.54, 1.807) is 0 Å². The average molecular weight is 262 g/mol. The summed E-state index contributed by atoms with van der Waals surface area (Å²) < 4.78 is 0. The van der Waals surface area contributed by atoms with Crippen molar-refractivity contribution in [1.29, 1.82) is 0 Å². The molecular weight excluding hydrogens is 244 g/mol. The Bertz CT molecular complexity index is 447. The van der Waals surface area contributed by atoms with Crippen molar-refractivity contribution in [3.05, 3.63) is 30.3 Å².